The molecule has 2 amide bonds. The van der Waals surface area contributed by atoms with Gasteiger partial charge in [-0.1, -0.05) is 19.1 Å². The zero-order chi connectivity index (χ0) is 29.6. The fourth-order valence-corrected chi connectivity index (χ4v) is 5.94. The van der Waals surface area contributed by atoms with Crippen LogP contribution in [0.4, 0.5) is 0 Å². The van der Waals surface area contributed by atoms with E-state index in [0.717, 1.165) is 51.3 Å². The number of rotatable bonds is 9. The number of fused-ring (bicyclic) bond motifs is 3. The van der Waals surface area contributed by atoms with Gasteiger partial charge < -0.3 is 20.1 Å². The van der Waals surface area contributed by atoms with Crippen LogP contribution in [0.5, 0.6) is 5.75 Å². The molecule has 0 aliphatic carbocycles. The number of nitrogens with two attached hydrogens (primary N) is 1. The van der Waals surface area contributed by atoms with Crippen LogP contribution in [-0.4, -0.2) is 43.0 Å². The summed E-state index contributed by atoms with van der Waals surface area (Å²) < 4.78 is 11.2. The van der Waals surface area contributed by atoms with Crippen LogP contribution in [0.15, 0.2) is 64.9 Å². The van der Waals surface area contributed by atoms with Crippen molar-refractivity contribution in [3.63, 3.8) is 0 Å². The molecular weight excluding hydrogens is 572 g/mol. The minimum atomic E-state index is -0.726. The van der Waals surface area contributed by atoms with Crippen molar-refractivity contribution in [2.24, 2.45) is 5.14 Å². The molecule has 0 spiro atoms. The fourth-order valence-electron chi connectivity index (χ4n) is 4.67. The maximum Gasteiger partial charge on any atom is 0.357 e. The van der Waals surface area contributed by atoms with Gasteiger partial charge in [-0.3, -0.25) is 14.7 Å². The number of hydrogen-bond acceptors (Lipinski definition) is 9. The van der Waals surface area contributed by atoms with Gasteiger partial charge in [0.05, 0.1) is 13.7 Å². The van der Waals surface area contributed by atoms with Crippen LogP contribution in [-0.2, 0) is 17.7 Å². The lowest BCUT2D eigenvalue weighted by atomic mass is 9.93. The summed E-state index contributed by atoms with van der Waals surface area (Å²) in [6.07, 6.45) is 1.49. The average Bonchev–Trinajstić information content (AvgIpc) is 3.43. The summed E-state index contributed by atoms with van der Waals surface area (Å²) in [6, 6.07) is 16.4. The molecule has 3 heterocycles. The van der Waals surface area contributed by atoms with Crippen LogP contribution >= 0.6 is 23.3 Å². The molecule has 0 bridgehead atoms. The third-order valence-corrected chi connectivity index (χ3v) is 8.36. The molecular formula is C31H30N4O5S2. The Hall–Kier alpha value is -4.19. The highest BCUT2D eigenvalue weighted by atomic mass is 32.2. The van der Waals surface area contributed by atoms with Crippen molar-refractivity contribution < 1.29 is 23.9 Å². The normalized spacial score (nSPS) is 11.9. The van der Waals surface area contributed by atoms with Crippen LogP contribution in [0.3, 0.4) is 0 Å². The van der Waals surface area contributed by atoms with Crippen LogP contribution in [0.1, 0.15) is 55.8 Å². The fraction of sp³-hybridized carbons (Fsp3) is 0.226. The quantitative estimate of drug-likeness (QED) is 0.175. The number of carbonyl (C=O) groups is 3. The molecule has 5 rings (SSSR count). The van der Waals surface area contributed by atoms with Crippen molar-refractivity contribution in [3.05, 3.63) is 88.1 Å². The van der Waals surface area contributed by atoms with Crippen molar-refractivity contribution in [1.29, 1.82) is 0 Å². The third kappa shape index (κ3) is 6.18. The Morgan fingerprint density at radius 2 is 1.83 bits per heavy atom. The van der Waals surface area contributed by atoms with E-state index in [1.807, 2.05) is 36.6 Å². The Morgan fingerprint density at radius 1 is 1.02 bits per heavy atom. The number of esters is 1. The summed E-state index contributed by atoms with van der Waals surface area (Å²) in [4.78, 5) is 45.8. The van der Waals surface area contributed by atoms with Crippen LogP contribution < -0.4 is 20.5 Å². The number of aromatic nitrogens is 1. The monoisotopic (exact) mass is 602 g/mol. The first-order chi connectivity index (χ1) is 20.4. The van der Waals surface area contributed by atoms with Gasteiger partial charge in [0, 0.05) is 51.5 Å². The third-order valence-electron chi connectivity index (χ3n) is 6.83. The molecule has 0 atom stereocenters. The maximum absolute atomic E-state index is 13.8. The zero-order valence-corrected chi connectivity index (χ0v) is 24.8. The Labute approximate surface area is 252 Å². The number of benzene rings is 2. The Kier molecular flexibility index (Phi) is 9.21. The zero-order valence-electron chi connectivity index (χ0n) is 23.2. The number of nitrogens with zero attached hydrogens (tertiary/aromatic N) is 1. The number of carbonyl (C=O) groups excluding carboxylic acids is 3. The van der Waals surface area contributed by atoms with Crippen LogP contribution in [0.25, 0.3) is 21.6 Å². The van der Waals surface area contributed by atoms with Gasteiger partial charge in [0.2, 0.25) is 0 Å². The van der Waals surface area contributed by atoms with E-state index >= 15 is 0 Å². The van der Waals surface area contributed by atoms with E-state index in [9.17, 15) is 14.4 Å². The summed E-state index contributed by atoms with van der Waals surface area (Å²) >= 11 is 2.74. The molecule has 42 heavy (non-hydrogen) atoms. The standard InChI is InChI=1S/C31H30N4O5S2/c1-3-12-33-30(37)25-9-8-21(27(35-25)31(38)39-2)22-16-26-24(28-19(10-13-40-26)11-14-41-28)15-23(22)29(36)34-17-18-4-6-20(42-32)7-5-18/h4-9,11,14-16H,3,10,12-13,17,32H2,1-2H3,(H,33,37)(H,34,36). The van der Waals surface area contributed by atoms with Gasteiger partial charge in [-0.2, -0.15) is 0 Å². The molecule has 216 valence electrons. The number of nitrogens with one attached hydrogen (secondary N) is 2. The summed E-state index contributed by atoms with van der Waals surface area (Å²) in [7, 11) is 1.25. The minimum Gasteiger partial charge on any atom is -0.493 e. The molecule has 0 saturated heterocycles. The number of hydrogen-bond donors (Lipinski definition) is 3. The maximum atomic E-state index is 13.8. The largest absolute Gasteiger partial charge is 0.493 e. The Morgan fingerprint density at radius 3 is 2.57 bits per heavy atom. The van der Waals surface area contributed by atoms with Gasteiger partial charge in [-0.25, -0.2) is 9.78 Å². The van der Waals surface area contributed by atoms with Crippen molar-refractivity contribution in [3.8, 4) is 27.3 Å². The molecule has 1 aliphatic rings. The van der Waals surface area contributed by atoms with Gasteiger partial charge in [-0.15, -0.1) is 11.3 Å². The lowest BCUT2D eigenvalue weighted by molar-refractivity contribution is 0.0594. The first-order valence-corrected chi connectivity index (χ1v) is 15.2. The second kappa shape index (κ2) is 13.2. The van der Waals surface area contributed by atoms with E-state index in [-0.39, 0.29) is 23.8 Å². The smallest absolute Gasteiger partial charge is 0.357 e. The Bertz CT molecular complexity index is 1640. The highest BCUT2D eigenvalue weighted by molar-refractivity contribution is 7.97. The predicted molar refractivity (Wildman–Crippen MR) is 164 cm³/mol. The summed E-state index contributed by atoms with van der Waals surface area (Å²) in [5.41, 5.74) is 3.99. The average molecular weight is 603 g/mol. The van der Waals surface area contributed by atoms with Crippen molar-refractivity contribution in [2.45, 2.75) is 31.2 Å². The molecule has 11 heteroatoms. The van der Waals surface area contributed by atoms with Gasteiger partial charge in [0.25, 0.3) is 11.8 Å². The number of ether oxygens (including phenoxy) is 2. The number of amides is 2. The second-order valence-corrected chi connectivity index (χ2v) is 11.2. The van der Waals surface area contributed by atoms with Crippen molar-refractivity contribution in [2.75, 3.05) is 20.3 Å². The van der Waals surface area contributed by atoms with Gasteiger partial charge in [0.15, 0.2) is 5.69 Å². The molecule has 2 aromatic heterocycles. The second-order valence-electron chi connectivity index (χ2n) is 9.55. The van der Waals surface area contributed by atoms with Crippen molar-refractivity contribution in [1.82, 2.24) is 15.6 Å². The first kappa shape index (κ1) is 29.3. The molecule has 4 aromatic rings. The predicted octanol–water partition coefficient (Wildman–Crippen LogP) is 5.23. The lowest BCUT2D eigenvalue weighted by Crippen LogP contribution is -2.26. The molecule has 0 fully saturated rings. The van der Waals surface area contributed by atoms with E-state index in [4.69, 9.17) is 14.6 Å². The summed E-state index contributed by atoms with van der Waals surface area (Å²) in [5.74, 6) is -0.872. The first-order valence-electron chi connectivity index (χ1n) is 13.4. The van der Waals surface area contributed by atoms with Gasteiger partial charge in [0.1, 0.15) is 11.4 Å². The number of pyridine rings is 1. The van der Waals surface area contributed by atoms with Crippen LogP contribution in [0, 0.1) is 0 Å². The van der Waals surface area contributed by atoms with Gasteiger partial charge in [-0.05, 0) is 77.3 Å². The highest BCUT2D eigenvalue weighted by Gasteiger charge is 2.27. The minimum absolute atomic E-state index is 0.0732. The van der Waals surface area contributed by atoms with Crippen molar-refractivity contribution >= 4 is 41.1 Å². The van der Waals surface area contributed by atoms with E-state index in [0.29, 0.717) is 35.6 Å². The summed E-state index contributed by atoms with van der Waals surface area (Å²) in [6.45, 7) is 3.17. The number of methoxy groups -OCH3 is 1. The van der Waals surface area contributed by atoms with E-state index < -0.39 is 11.9 Å². The summed E-state index contributed by atoms with van der Waals surface area (Å²) in [5, 5.41) is 13.4. The van der Waals surface area contributed by atoms with E-state index in [1.165, 1.54) is 13.2 Å². The molecule has 9 nitrogen and oxygen atoms in total. The SMILES string of the molecule is CCCNC(=O)c1ccc(-c2cc3c(cc2C(=O)NCc2ccc(SN)cc2)-c2sccc2CCO3)c(C(=O)OC)n1. The molecule has 0 radical (unpaired) electrons. The number of thiophene rings is 1. The van der Waals surface area contributed by atoms with Gasteiger partial charge >= 0.3 is 5.97 Å². The molecule has 1 aliphatic heterocycles. The highest BCUT2D eigenvalue weighted by Crippen LogP contribution is 2.43. The molecule has 2 aromatic carbocycles. The van der Waals surface area contributed by atoms with E-state index in [2.05, 4.69) is 21.7 Å². The molecule has 0 unspecified atom stereocenters. The lowest BCUT2D eigenvalue weighted by Gasteiger charge is -2.17. The topological polar surface area (TPSA) is 133 Å². The molecule has 0 saturated carbocycles. The van der Waals surface area contributed by atoms with Crippen LogP contribution in [0.2, 0.25) is 0 Å². The Balaban J connectivity index is 1.61. The molecule has 4 N–H and O–H groups in total. The van der Waals surface area contributed by atoms with E-state index in [1.54, 1.807) is 29.5 Å².